The van der Waals surface area contributed by atoms with Gasteiger partial charge in [-0.2, -0.15) is 9.03 Å². The highest BCUT2D eigenvalue weighted by Gasteiger charge is 2.43. The Balaban J connectivity index is 0.000000153. The van der Waals surface area contributed by atoms with Crippen molar-refractivity contribution in [3.63, 3.8) is 0 Å². The van der Waals surface area contributed by atoms with E-state index in [2.05, 4.69) is 46.0 Å². The number of nitrogens with one attached hydrogen (secondary N) is 1. The van der Waals surface area contributed by atoms with E-state index >= 15 is 0 Å². The minimum absolute atomic E-state index is 0.246. The summed E-state index contributed by atoms with van der Waals surface area (Å²) in [5.74, 6) is 5.17. The van der Waals surface area contributed by atoms with Crippen LogP contribution in [0.2, 0.25) is 0 Å². The molecule has 0 amide bonds. The molecule has 4 fully saturated rings. The molecule has 21 heteroatoms. The number of aryl methyl sites for hydroxylation is 2. The van der Waals surface area contributed by atoms with Gasteiger partial charge < -0.3 is 24.9 Å². The van der Waals surface area contributed by atoms with Crippen molar-refractivity contribution < 1.29 is 17.2 Å². The number of anilines is 6. The minimum Gasteiger partial charge on any atom is -0.355 e. The molecular formula is C49H54F2N14O2S3. The first-order chi connectivity index (χ1) is 33.8. The van der Waals surface area contributed by atoms with Crippen LogP contribution in [0.1, 0.15) is 25.2 Å². The zero-order chi connectivity index (χ0) is 48.4. The summed E-state index contributed by atoms with van der Waals surface area (Å²) in [6, 6.07) is 20.9. The highest BCUT2D eigenvalue weighted by Crippen LogP contribution is 2.38. The lowest BCUT2D eigenvalue weighted by Crippen LogP contribution is -2.32. The van der Waals surface area contributed by atoms with Crippen LogP contribution in [0.5, 0.6) is 0 Å². The maximum absolute atomic E-state index is 13.4. The molecule has 70 heavy (non-hydrogen) atoms. The molecule has 4 atom stereocenters. The largest absolute Gasteiger partial charge is 0.355 e. The summed E-state index contributed by atoms with van der Waals surface area (Å²) in [5, 5.41) is 19.1. The molecule has 12 rings (SSSR count). The molecule has 6 aromatic heterocycles. The maximum atomic E-state index is 13.4. The number of sulfonamides is 1. The van der Waals surface area contributed by atoms with Crippen molar-refractivity contribution >= 4 is 77.5 Å². The number of fused-ring (bicyclic) bond motifs is 4. The van der Waals surface area contributed by atoms with Crippen LogP contribution in [0.4, 0.5) is 42.3 Å². The van der Waals surface area contributed by atoms with E-state index in [1.54, 1.807) is 39.9 Å². The summed E-state index contributed by atoms with van der Waals surface area (Å²) >= 11 is 3.07. The zero-order valence-electron chi connectivity index (χ0n) is 39.6. The first kappa shape index (κ1) is 46.3. The average Bonchev–Trinajstić information content (AvgIpc) is 4.21. The van der Waals surface area contributed by atoms with E-state index in [4.69, 9.17) is 30.1 Å². The number of thiazole rings is 2. The predicted molar refractivity (Wildman–Crippen MR) is 274 cm³/mol. The summed E-state index contributed by atoms with van der Waals surface area (Å²) in [6.07, 6.45) is 2.83. The van der Waals surface area contributed by atoms with Gasteiger partial charge in [-0.25, -0.2) is 41.4 Å². The van der Waals surface area contributed by atoms with Crippen LogP contribution >= 0.6 is 22.7 Å². The Bertz CT molecular complexity index is 3280. The topological polar surface area (TPSA) is 149 Å². The number of halogens is 2. The van der Waals surface area contributed by atoms with Gasteiger partial charge in [0.1, 0.15) is 23.3 Å². The van der Waals surface area contributed by atoms with Crippen molar-refractivity contribution in [2.45, 2.75) is 26.7 Å². The van der Waals surface area contributed by atoms with Crippen molar-refractivity contribution in [3.8, 4) is 22.5 Å². The number of benzene rings is 2. The van der Waals surface area contributed by atoms with Crippen molar-refractivity contribution in [3.05, 3.63) is 107 Å². The molecule has 4 aliphatic rings. The molecule has 0 radical (unpaired) electrons. The normalized spacial score (nSPS) is 20.1. The molecule has 10 heterocycles. The van der Waals surface area contributed by atoms with E-state index in [1.807, 2.05) is 50.9 Å². The SMILES string of the molecule is CCc1nc2ccc(N3CC4CN(S(C)(=O)=O)CC4C3)nn2c1N(C)c1nc(-c2ccc(F)cc2)cs1.CCc1nc2ccc(N3CC4CNCC4C3)nn2c1N(C)c1nc(-c2ccc(F)cc2)cs1. The predicted octanol–water partition coefficient (Wildman–Crippen LogP) is 7.63. The van der Waals surface area contributed by atoms with E-state index in [9.17, 15) is 17.2 Å². The van der Waals surface area contributed by atoms with E-state index < -0.39 is 10.0 Å². The van der Waals surface area contributed by atoms with Gasteiger partial charge >= 0.3 is 0 Å². The van der Waals surface area contributed by atoms with E-state index in [0.717, 1.165) is 131 Å². The summed E-state index contributed by atoms with van der Waals surface area (Å²) in [4.78, 5) is 28.0. The van der Waals surface area contributed by atoms with E-state index in [0.29, 0.717) is 36.8 Å². The van der Waals surface area contributed by atoms with Crippen molar-refractivity contribution in [1.82, 2.24) is 48.8 Å². The fourth-order valence-electron chi connectivity index (χ4n) is 10.4. The molecule has 16 nitrogen and oxygen atoms in total. The van der Waals surface area contributed by atoms with Gasteiger partial charge in [0, 0.05) is 88.3 Å². The first-order valence-corrected chi connectivity index (χ1v) is 27.3. The van der Waals surface area contributed by atoms with Crippen LogP contribution in [-0.2, 0) is 22.9 Å². The van der Waals surface area contributed by atoms with Crippen molar-refractivity contribution in [2.75, 3.05) is 92.3 Å². The van der Waals surface area contributed by atoms with Crippen LogP contribution in [0, 0.1) is 35.3 Å². The third-order valence-corrected chi connectivity index (χ3v) is 17.2. The van der Waals surface area contributed by atoms with Crippen LogP contribution in [0.25, 0.3) is 33.8 Å². The molecule has 4 unspecified atom stereocenters. The van der Waals surface area contributed by atoms with Gasteiger partial charge in [-0.3, -0.25) is 0 Å². The Kier molecular flexibility index (Phi) is 12.3. The average molecular weight is 1010 g/mol. The quantitative estimate of drug-likeness (QED) is 0.136. The summed E-state index contributed by atoms with van der Waals surface area (Å²) in [5.41, 5.74) is 6.90. The van der Waals surface area contributed by atoms with Crippen LogP contribution < -0.4 is 24.9 Å². The second kappa shape index (κ2) is 18.6. The van der Waals surface area contributed by atoms with Gasteiger partial charge in [-0.05, 0) is 109 Å². The Morgan fingerprint density at radius 1 is 0.600 bits per heavy atom. The number of imidazole rings is 2. The summed E-state index contributed by atoms with van der Waals surface area (Å²) in [6.45, 7) is 11.2. The van der Waals surface area contributed by atoms with E-state index in [1.165, 1.54) is 41.9 Å². The fraction of sp³-hybridized carbons (Fsp3) is 0.388. The van der Waals surface area contributed by atoms with Crippen LogP contribution in [-0.4, -0.2) is 125 Å². The standard InChI is InChI=1S/C25H28FN7O2S2.C24H26FN7S/c1-4-20-24(30(2)25-28-21(15-36-25)16-5-7-19(26)8-6-16)33-22(27-20)9-10-23(29-33)31-11-17-13-32(37(3,34)35)14-18(17)12-31;1-3-19-23(30(2)24-28-20(14-33-24)15-4-6-18(25)7-5-15)32-21(27-19)8-9-22(29-32)31-12-16-10-26-11-17(16)13-31/h5-10,15,17-18H,4,11-14H2,1-3H3;4-9,14,16-17,26H,3,10-13H2,1-2H3. The molecule has 0 aliphatic carbocycles. The van der Waals surface area contributed by atoms with Gasteiger partial charge in [0.15, 0.2) is 33.2 Å². The zero-order valence-corrected chi connectivity index (χ0v) is 42.0. The molecule has 4 aliphatic heterocycles. The Morgan fingerprint density at radius 2 is 1.01 bits per heavy atom. The molecule has 0 bridgehead atoms. The molecule has 0 spiro atoms. The summed E-state index contributed by atoms with van der Waals surface area (Å²) < 4.78 is 56.1. The lowest BCUT2D eigenvalue weighted by atomic mass is 10.0. The Hall–Kier alpha value is -6.13. The van der Waals surface area contributed by atoms with Gasteiger partial charge in [0.2, 0.25) is 10.0 Å². The molecule has 2 aromatic carbocycles. The number of hydrogen-bond acceptors (Lipinski definition) is 15. The number of rotatable bonds is 11. The monoisotopic (exact) mass is 1000 g/mol. The molecule has 364 valence electrons. The molecule has 1 N–H and O–H groups in total. The Morgan fingerprint density at radius 3 is 1.41 bits per heavy atom. The van der Waals surface area contributed by atoms with Gasteiger partial charge in [-0.15, -0.1) is 32.9 Å². The Labute approximate surface area is 413 Å². The lowest BCUT2D eigenvalue weighted by molar-refractivity contribution is 0.458. The lowest BCUT2D eigenvalue weighted by Gasteiger charge is -2.22. The van der Waals surface area contributed by atoms with E-state index in [-0.39, 0.29) is 11.6 Å². The molecule has 4 saturated heterocycles. The molecule has 0 saturated carbocycles. The first-order valence-electron chi connectivity index (χ1n) is 23.6. The fourth-order valence-corrected chi connectivity index (χ4v) is 12.9. The highest BCUT2D eigenvalue weighted by atomic mass is 32.2. The molecule has 8 aromatic rings. The van der Waals surface area contributed by atoms with Crippen molar-refractivity contribution in [1.29, 1.82) is 0 Å². The number of aromatic nitrogens is 8. The highest BCUT2D eigenvalue weighted by molar-refractivity contribution is 7.88. The number of hydrogen-bond donors (Lipinski definition) is 1. The smallest absolute Gasteiger partial charge is 0.211 e. The minimum atomic E-state index is -3.16. The van der Waals surface area contributed by atoms with Gasteiger partial charge in [0.25, 0.3) is 0 Å². The van der Waals surface area contributed by atoms with Crippen LogP contribution in [0.3, 0.4) is 0 Å². The maximum Gasteiger partial charge on any atom is 0.211 e. The third-order valence-electron chi connectivity index (χ3n) is 14.1. The second-order valence-electron chi connectivity index (χ2n) is 18.6. The van der Waals surface area contributed by atoms with Gasteiger partial charge in [0.05, 0.1) is 29.0 Å². The van der Waals surface area contributed by atoms with Crippen molar-refractivity contribution in [2.24, 2.45) is 23.7 Å². The van der Waals surface area contributed by atoms with Crippen LogP contribution in [0.15, 0.2) is 83.6 Å². The molecular weight excluding hydrogens is 951 g/mol. The second-order valence-corrected chi connectivity index (χ2v) is 22.3. The summed E-state index contributed by atoms with van der Waals surface area (Å²) in [7, 11) is 0.817. The van der Waals surface area contributed by atoms with Gasteiger partial charge in [-0.1, -0.05) is 13.8 Å². The number of nitrogens with zero attached hydrogens (tertiary/aromatic N) is 13. The third kappa shape index (κ3) is 8.75.